The first-order valence-corrected chi connectivity index (χ1v) is 8.61. The summed E-state index contributed by atoms with van der Waals surface area (Å²) in [7, 11) is 2.04. The number of likely N-dealkylation sites (tertiary alicyclic amines) is 1. The Kier molecular flexibility index (Phi) is 5.30. The van der Waals surface area contributed by atoms with E-state index in [2.05, 4.69) is 16.1 Å². The fraction of sp³-hybridized carbons (Fsp3) is 0.474. The number of carbonyl (C=O) groups excluding carboxylic acids is 1. The van der Waals surface area contributed by atoms with Gasteiger partial charge in [-0.2, -0.15) is 0 Å². The molecule has 2 heterocycles. The molecule has 3 rings (SSSR count). The van der Waals surface area contributed by atoms with E-state index in [0.29, 0.717) is 0 Å². The molecule has 1 aromatic carbocycles. The quantitative estimate of drug-likeness (QED) is 0.846. The number of carbonyl (C=O) groups is 1. The summed E-state index contributed by atoms with van der Waals surface area (Å²) < 4.78 is 5.11. The first kappa shape index (κ1) is 16.7. The number of amides is 1. The highest BCUT2D eigenvalue weighted by Crippen LogP contribution is 2.15. The summed E-state index contributed by atoms with van der Waals surface area (Å²) in [5.41, 5.74) is 2.86. The summed E-state index contributed by atoms with van der Waals surface area (Å²) in [5, 5.41) is 4.03. The number of benzene rings is 1. The van der Waals surface area contributed by atoms with Gasteiger partial charge in [-0.25, -0.2) is 0 Å². The van der Waals surface area contributed by atoms with E-state index in [0.717, 1.165) is 61.6 Å². The van der Waals surface area contributed by atoms with Gasteiger partial charge in [0.05, 0.1) is 5.69 Å². The van der Waals surface area contributed by atoms with Crippen LogP contribution in [-0.4, -0.2) is 41.0 Å². The molecule has 128 valence electrons. The van der Waals surface area contributed by atoms with Crippen LogP contribution in [0.2, 0.25) is 0 Å². The average molecular weight is 327 g/mol. The molecule has 1 aliphatic rings. The van der Waals surface area contributed by atoms with Crippen molar-refractivity contribution in [1.29, 1.82) is 0 Å². The van der Waals surface area contributed by atoms with Crippen LogP contribution in [0.1, 0.15) is 46.6 Å². The minimum absolute atomic E-state index is 0.159. The van der Waals surface area contributed by atoms with Crippen LogP contribution in [0.15, 0.2) is 34.9 Å². The first-order valence-electron chi connectivity index (χ1n) is 8.61. The highest BCUT2D eigenvalue weighted by Gasteiger charge is 2.18. The van der Waals surface area contributed by atoms with Crippen LogP contribution in [0.25, 0.3) is 0 Å². The Bertz CT molecular complexity index is 689. The Morgan fingerprint density at radius 3 is 2.71 bits per heavy atom. The zero-order valence-electron chi connectivity index (χ0n) is 14.5. The molecule has 0 spiro atoms. The standard InChI is InChI=1S/C19H25N3O2/c1-15-11-18(20-24-15)14-21(2)13-16-7-6-8-17(12-16)19(23)22-9-4-3-5-10-22/h6-8,11-12H,3-5,9-10,13-14H2,1-2H3. The molecule has 24 heavy (non-hydrogen) atoms. The minimum atomic E-state index is 0.159. The Morgan fingerprint density at radius 2 is 2.00 bits per heavy atom. The van der Waals surface area contributed by atoms with Gasteiger partial charge in [0.25, 0.3) is 5.91 Å². The predicted molar refractivity (Wildman–Crippen MR) is 92.6 cm³/mol. The predicted octanol–water partition coefficient (Wildman–Crippen LogP) is 3.24. The van der Waals surface area contributed by atoms with Crippen molar-refractivity contribution in [2.75, 3.05) is 20.1 Å². The van der Waals surface area contributed by atoms with Crippen LogP contribution >= 0.6 is 0 Å². The van der Waals surface area contributed by atoms with E-state index < -0.39 is 0 Å². The van der Waals surface area contributed by atoms with Crippen molar-refractivity contribution >= 4 is 5.91 Å². The van der Waals surface area contributed by atoms with Gasteiger partial charge in [-0.05, 0) is 50.9 Å². The zero-order chi connectivity index (χ0) is 16.9. The maximum Gasteiger partial charge on any atom is 0.253 e. The number of hydrogen-bond donors (Lipinski definition) is 0. The molecule has 0 N–H and O–H groups in total. The van der Waals surface area contributed by atoms with Gasteiger partial charge in [0.15, 0.2) is 0 Å². The molecular formula is C19H25N3O2. The fourth-order valence-electron chi connectivity index (χ4n) is 3.22. The van der Waals surface area contributed by atoms with Crippen molar-refractivity contribution in [2.24, 2.45) is 0 Å². The molecule has 1 fully saturated rings. The third-order valence-electron chi connectivity index (χ3n) is 4.38. The van der Waals surface area contributed by atoms with Crippen LogP contribution in [-0.2, 0) is 13.1 Å². The lowest BCUT2D eigenvalue weighted by Crippen LogP contribution is -2.35. The minimum Gasteiger partial charge on any atom is -0.361 e. The third-order valence-corrected chi connectivity index (χ3v) is 4.38. The van der Waals surface area contributed by atoms with E-state index in [-0.39, 0.29) is 5.91 Å². The fourth-order valence-corrected chi connectivity index (χ4v) is 3.22. The lowest BCUT2D eigenvalue weighted by molar-refractivity contribution is 0.0724. The molecular weight excluding hydrogens is 302 g/mol. The van der Waals surface area contributed by atoms with Gasteiger partial charge in [-0.15, -0.1) is 0 Å². The highest BCUT2D eigenvalue weighted by atomic mass is 16.5. The monoisotopic (exact) mass is 327 g/mol. The van der Waals surface area contributed by atoms with E-state index in [1.807, 2.05) is 43.1 Å². The number of rotatable bonds is 5. The second-order valence-corrected chi connectivity index (χ2v) is 6.65. The van der Waals surface area contributed by atoms with Crippen LogP contribution in [0.5, 0.6) is 0 Å². The second kappa shape index (κ2) is 7.62. The van der Waals surface area contributed by atoms with Crippen molar-refractivity contribution < 1.29 is 9.32 Å². The summed E-state index contributed by atoms with van der Waals surface area (Å²) in [6, 6.07) is 9.92. The largest absolute Gasteiger partial charge is 0.361 e. The molecule has 1 aromatic heterocycles. The summed E-state index contributed by atoms with van der Waals surface area (Å²) in [4.78, 5) is 16.8. The lowest BCUT2D eigenvalue weighted by atomic mass is 10.1. The van der Waals surface area contributed by atoms with Crippen molar-refractivity contribution in [3.8, 4) is 0 Å². The molecule has 5 heteroatoms. The van der Waals surface area contributed by atoms with Crippen molar-refractivity contribution in [3.63, 3.8) is 0 Å². The molecule has 0 radical (unpaired) electrons. The van der Waals surface area contributed by atoms with Gasteiger partial charge in [-0.1, -0.05) is 17.3 Å². The van der Waals surface area contributed by atoms with E-state index >= 15 is 0 Å². The third kappa shape index (κ3) is 4.23. The van der Waals surface area contributed by atoms with Gasteiger partial charge in [0, 0.05) is 37.8 Å². The summed E-state index contributed by atoms with van der Waals surface area (Å²) in [6.45, 7) is 5.16. The Hall–Kier alpha value is -2.14. The van der Waals surface area contributed by atoms with Gasteiger partial charge in [0.2, 0.25) is 0 Å². The molecule has 1 amide bonds. The number of piperidine rings is 1. The van der Waals surface area contributed by atoms with Gasteiger partial charge < -0.3 is 9.42 Å². The highest BCUT2D eigenvalue weighted by molar-refractivity contribution is 5.94. The molecule has 1 saturated heterocycles. The SMILES string of the molecule is Cc1cc(CN(C)Cc2cccc(C(=O)N3CCCCC3)c2)no1. The summed E-state index contributed by atoms with van der Waals surface area (Å²) in [5.74, 6) is 0.985. The van der Waals surface area contributed by atoms with Gasteiger partial charge >= 0.3 is 0 Å². The molecule has 0 atom stereocenters. The molecule has 5 nitrogen and oxygen atoms in total. The summed E-state index contributed by atoms with van der Waals surface area (Å²) >= 11 is 0. The zero-order valence-corrected chi connectivity index (χ0v) is 14.5. The Labute approximate surface area is 143 Å². The van der Waals surface area contributed by atoms with E-state index in [4.69, 9.17) is 4.52 Å². The van der Waals surface area contributed by atoms with E-state index in [1.165, 1.54) is 6.42 Å². The Morgan fingerprint density at radius 1 is 1.21 bits per heavy atom. The topological polar surface area (TPSA) is 49.6 Å². The van der Waals surface area contributed by atoms with Crippen LogP contribution in [0.3, 0.4) is 0 Å². The molecule has 0 bridgehead atoms. The van der Waals surface area contributed by atoms with Crippen LogP contribution in [0, 0.1) is 6.92 Å². The van der Waals surface area contributed by atoms with Crippen LogP contribution < -0.4 is 0 Å². The summed E-state index contributed by atoms with van der Waals surface area (Å²) in [6.07, 6.45) is 3.46. The molecule has 0 unspecified atom stereocenters. The number of aryl methyl sites for hydroxylation is 1. The van der Waals surface area contributed by atoms with Crippen molar-refractivity contribution in [3.05, 3.63) is 52.9 Å². The molecule has 0 saturated carbocycles. The van der Waals surface area contributed by atoms with Crippen molar-refractivity contribution in [1.82, 2.24) is 15.0 Å². The van der Waals surface area contributed by atoms with Crippen LogP contribution in [0.4, 0.5) is 0 Å². The molecule has 2 aromatic rings. The molecule has 0 aliphatic carbocycles. The number of nitrogens with zero attached hydrogens (tertiary/aromatic N) is 3. The van der Waals surface area contributed by atoms with E-state index in [1.54, 1.807) is 0 Å². The average Bonchev–Trinajstić information content (AvgIpc) is 3.00. The number of hydrogen-bond acceptors (Lipinski definition) is 4. The smallest absolute Gasteiger partial charge is 0.253 e. The van der Waals surface area contributed by atoms with E-state index in [9.17, 15) is 4.79 Å². The lowest BCUT2D eigenvalue weighted by Gasteiger charge is -2.27. The first-order chi connectivity index (χ1) is 11.6. The number of aromatic nitrogens is 1. The molecule has 1 aliphatic heterocycles. The maximum absolute atomic E-state index is 12.6. The second-order valence-electron chi connectivity index (χ2n) is 6.65. The maximum atomic E-state index is 12.6. The Balaban J connectivity index is 1.62. The normalized spacial score (nSPS) is 15.0. The van der Waals surface area contributed by atoms with Crippen molar-refractivity contribution in [2.45, 2.75) is 39.3 Å². The van der Waals surface area contributed by atoms with Gasteiger partial charge in [-0.3, -0.25) is 9.69 Å². The van der Waals surface area contributed by atoms with Gasteiger partial charge in [0.1, 0.15) is 5.76 Å².